The highest BCUT2D eigenvalue weighted by Crippen LogP contribution is 2.10. The Morgan fingerprint density at radius 3 is 3.07 bits per heavy atom. The van der Waals surface area contributed by atoms with Crippen LogP contribution in [0, 0.1) is 0 Å². The Kier molecular flexibility index (Phi) is 3.75. The van der Waals surface area contributed by atoms with Crippen LogP contribution in [0.5, 0.6) is 0 Å². The Bertz CT molecular complexity index is 247. The molecule has 2 aliphatic rings. The van der Waals surface area contributed by atoms with Crippen LogP contribution in [-0.4, -0.2) is 37.7 Å². The average Bonchev–Trinajstić information content (AvgIpc) is 2.31. The third-order valence-electron chi connectivity index (χ3n) is 2.85. The summed E-state index contributed by atoms with van der Waals surface area (Å²) in [4.78, 5) is 11.8. The zero-order chi connectivity index (χ0) is 10.5. The van der Waals surface area contributed by atoms with E-state index in [1.807, 2.05) is 0 Å². The minimum atomic E-state index is -0.162. The van der Waals surface area contributed by atoms with Crippen molar-refractivity contribution in [2.24, 2.45) is 0 Å². The molecule has 2 unspecified atom stereocenters. The second-order valence-corrected chi connectivity index (χ2v) is 4.07. The Hall–Kier alpha value is -0.870. The molecule has 2 atom stereocenters. The number of morpholine rings is 1. The third kappa shape index (κ3) is 3.04. The molecule has 1 aliphatic heterocycles. The molecule has 2 N–H and O–H groups in total. The van der Waals surface area contributed by atoms with Crippen LogP contribution < -0.4 is 10.6 Å². The Morgan fingerprint density at radius 2 is 2.40 bits per heavy atom. The Morgan fingerprint density at radius 1 is 1.47 bits per heavy atom. The first-order valence-corrected chi connectivity index (χ1v) is 5.63. The van der Waals surface area contributed by atoms with Gasteiger partial charge < -0.3 is 15.4 Å². The summed E-state index contributed by atoms with van der Waals surface area (Å²) >= 11 is 0. The molecule has 4 nitrogen and oxygen atoms in total. The maximum Gasteiger partial charge on any atom is 0.239 e. The van der Waals surface area contributed by atoms with E-state index in [1.54, 1.807) is 0 Å². The van der Waals surface area contributed by atoms with E-state index in [9.17, 15) is 4.79 Å². The first-order valence-electron chi connectivity index (χ1n) is 5.63. The van der Waals surface area contributed by atoms with Crippen LogP contribution in [0.3, 0.4) is 0 Å². The molecule has 0 saturated carbocycles. The van der Waals surface area contributed by atoms with Crippen molar-refractivity contribution in [1.29, 1.82) is 0 Å². The molecule has 0 spiro atoms. The topological polar surface area (TPSA) is 50.4 Å². The number of nitrogens with one attached hydrogen (secondary N) is 2. The van der Waals surface area contributed by atoms with E-state index in [1.165, 1.54) is 0 Å². The van der Waals surface area contributed by atoms with Gasteiger partial charge >= 0.3 is 0 Å². The van der Waals surface area contributed by atoms with Gasteiger partial charge in [0.05, 0.1) is 13.2 Å². The molecule has 0 aromatic carbocycles. The summed E-state index contributed by atoms with van der Waals surface area (Å²) in [6.45, 7) is 1.97. The lowest BCUT2D eigenvalue weighted by molar-refractivity contribution is -0.126. The summed E-state index contributed by atoms with van der Waals surface area (Å²) in [5, 5.41) is 6.21. The van der Waals surface area contributed by atoms with Gasteiger partial charge in [-0.2, -0.15) is 0 Å². The van der Waals surface area contributed by atoms with E-state index in [2.05, 4.69) is 22.8 Å². The van der Waals surface area contributed by atoms with Crippen molar-refractivity contribution in [1.82, 2.24) is 10.6 Å². The van der Waals surface area contributed by atoms with Gasteiger partial charge in [-0.15, -0.1) is 0 Å². The Balaban J connectivity index is 1.77. The smallest absolute Gasteiger partial charge is 0.239 e. The van der Waals surface area contributed by atoms with Crippen LogP contribution in [0.25, 0.3) is 0 Å². The fourth-order valence-electron chi connectivity index (χ4n) is 1.96. The summed E-state index contributed by atoms with van der Waals surface area (Å²) in [7, 11) is 0. The number of amides is 1. The van der Waals surface area contributed by atoms with Gasteiger partial charge in [0, 0.05) is 12.6 Å². The fourth-order valence-corrected chi connectivity index (χ4v) is 1.96. The van der Waals surface area contributed by atoms with Crippen LogP contribution >= 0.6 is 0 Å². The third-order valence-corrected chi connectivity index (χ3v) is 2.85. The largest absolute Gasteiger partial charge is 0.378 e. The quantitative estimate of drug-likeness (QED) is 0.640. The second-order valence-electron chi connectivity index (χ2n) is 4.07. The van der Waals surface area contributed by atoms with Gasteiger partial charge in [0.15, 0.2) is 0 Å². The lowest BCUT2D eigenvalue weighted by Gasteiger charge is -2.26. The summed E-state index contributed by atoms with van der Waals surface area (Å²) in [6.07, 6.45) is 7.39. The maximum atomic E-state index is 11.8. The van der Waals surface area contributed by atoms with Gasteiger partial charge in [0.1, 0.15) is 6.04 Å². The van der Waals surface area contributed by atoms with Crippen molar-refractivity contribution >= 4 is 5.91 Å². The van der Waals surface area contributed by atoms with E-state index in [0.717, 1.165) is 25.8 Å². The SMILES string of the molecule is O=C(NC1CC=CCC1)C1COCCN1. The zero-order valence-corrected chi connectivity index (χ0v) is 8.87. The number of rotatable bonds is 2. The first-order chi connectivity index (χ1) is 7.36. The van der Waals surface area contributed by atoms with Crippen LogP contribution in [0.4, 0.5) is 0 Å². The van der Waals surface area contributed by atoms with Crippen LogP contribution in [0.1, 0.15) is 19.3 Å². The van der Waals surface area contributed by atoms with Crippen molar-refractivity contribution in [3.63, 3.8) is 0 Å². The second kappa shape index (κ2) is 5.28. The lowest BCUT2D eigenvalue weighted by Crippen LogP contribution is -2.53. The molecule has 84 valence electrons. The van der Waals surface area contributed by atoms with Crippen molar-refractivity contribution in [3.05, 3.63) is 12.2 Å². The molecular weight excluding hydrogens is 192 g/mol. The lowest BCUT2D eigenvalue weighted by atomic mass is 10.0. The fraction of sp³-hybridized carbons (Fsp3) is 0.727. The van der Waals surface area contributed by atoms with Crippen molar-refractivity contribution < 1.29 is 9.53 Å². The van der Waals surface area contributed by atoms with E-state index >= 15 is 0 Å². The van der Waals surface area contributed by atoms with Gasteiger partial charge in [-0.3, -0.25) is 4.79 Å². The molecule has 1 aliphatic carbocycles. The molecule has 0 radical (unpaired) electrons. The minimum absolute atomic E-state index is 0.0787. The normalized spacial score (nSPS) is 31.2. The van der Waals surface area contributed by atoms with E-state index in [0.29, 0.717) is 19.3 Å². The van der Waals surface area contributed by atoms with E-state index < -0.39 is 0 Å². The highest BCUT2D eigenvalue weighted by atomic mass is 16.5. The van der Waals surface area contributed by atoms with Crippen LogP contribution in [0.15, 0.2) is 12.2 Å². The van der Waals surface area contributed by atoms with Crippen molar-refractivity contribution in [2.75, 3.05) is 19.8 Å². The minimum Gasteiger partial charge on any atom is -0.378 e. The molecule has 15 heavy (non-hydrogen) atoms. The molecule has 0 aromatic heterocycles. The van der Waals surface area contributed by atoms with Gasteiger partial charge in [0.2, 0.25) is 5.91 Å². The van der Waals surface area contributed by atoms with Crippen LogP contribution in [0.2, 0.25) is 0 Å². The summed E-state index contributed by atoms with van der Waals surface area (Å²) in [6, 6.07) is 0.149. The number of hydrogen-bond donors (Lipinski definition) is 2. The van der Waals surface area contributed by atoms with Gasteiger partial charge in [-0.1, -0.05) is 12.2 Å². The molecule has 2 rings (SSSR count). The highest BCUT2D eigenvalue weighted by Gasteiger charge is 2.23. The van der Waals surface area contributed by atoms with Crippen molar-refractivity contribution in [2.45, 2.75) is 31.3 Å². The van der Waals surface area contributed by atoms with Crippen molar-refractivity contribution in [3.8, 4) is 0 Å². The van der Waals surface area contributed by atoms with Crippen LogP contribution in [-0.2, 0) is 9.53 Å². The standard InChI is InChI=1S/C11H18N2O2/c14-11(10-8-15-7-6-12-10)13-9-4-2-1-3-5-9/h1-2,9-10,12H,3-8H2,(H,13,14). The van der Waals surface area contributed by atoms with E-state index in [4.69, 9.17) is 4.74 Å². The van der Waals surface area contributed by atoms with Gasteiger partial charge in [0.25, 0.3) is 0 Å². The molecule has 0 bridgehead atoms. The zero-order valence-electron chi connectivity index (χ0n) is 8.87. The highest BCUT2D eigenvalue weighted by molar-refractivity contribution is 5.82. The summed E-state index contributed by atoms with van der Waals surface area (Å²) < 4.78 is 5.26. The van der Waals surface area contributed by atoms with Gasteiger partial charge in [-0.25, -0.2) is 0 Å². The monoisotopic (exact) mass is 210 g/mol. The molecule has 4 heteroatoms. The molecule has 1 saturated heterocycles. The molecule has 1 fully saturated rings. The molecular formula is C11H18N2O2. The number of ether oxygens (including phenoxy) is 1. The average molecular weight is 210 g/mol. The summed E-state index contributed by atoms with van der Waals surface area (Å²) in [5.74, 6) is 0.0787. The van der Waals surface area contributed by atoms with Gasteiger partial charge in [-0.05, 0) is 19.3 Å². The number of allylic oxidation sites excluding steroid dienone is 1. The number of carbonyl (C=O) groups is 1. The predicted molar refractivity (Wildman–Crippen MR) is 57.5 cm³/mol. The van der Waals surface area contributed by atoms with E-state index in [-0.39, 0.29) is 11.9 Å². The molecule has 1 heterocycles. The number of hydrogen-bond acceptors (Lipinski definition) is 3. The predicted octanol–water partition coefficient (Wildman–Crippen LogP) is 0.200. The first kappa shape index (κ1) is 10.6. The maximum absolute atomic E-state index is 11.8. The Labute approximate surface area is 90.1 Å². The number of carbonyl (C=O) groups excluding carboxylic acids is 1. The molecule has 0 aromatic rings. The summed E-state index contributed by atoms with van der Waals surface area (Å²) in [5.41, 5.74) is 0. The molecule has 1 amide bonds.